The standard InChI is InChI=1S/C19H29N3O4/c1-18(2,3)26-16(23)13-19(20,17(24)25)22-11-9-21(10-12-22)14-15-7-5-4-6-8-15/h4-8H,9-14,20H2,1-3H3,(H,24,25). The minimum Gasteiger partial charge on any atom is -0.479 e. The maximum absolute atomic E-state index is 12.1. The molecule has 0 aliphatic carbocycles. The maximum Gasteiger partial charge on any atom is 0.339 e. The van der Waals surface area contributed by atoms with Crippen molar-refractivity contribution in [2.45, 2.75) is 45.0 Å². The normalized spacial score (nSPS) is 18.9. The topological polar surface area (TPSA) is 96.1 Å². The molecule has 1 aliphatic heterocycles. The molecule has 0 spiro atoms. The average molecular weight is 363 g/mol. The molecule has 1 heterocycles. The van der Waals surface area contributed by atoms with E-state index in [1.54, 1.807) is 25.7 Å². The van der Waals surface area contributed by atoms with Gasteiger partial charge in [-0.05, 0) is 26.3 Å². The van der Waals surface area contributed by atoms with Gasteiger partial charge in [0.15, 0.2) is 5.66 Å². The largest absolute Gasteiger partial charge is 0.479 e. The van der Waals surface area contributed by atoms with Crippen molar-refractivity contribution in [3.05, 3.63) is 35.9 Å². The summed E-state index contributed by atoms with van der Waals surface area (Å²) in [7, 11) is 0. The number of benzene rings is 1. The highest BCUT2D eigenvalue weighted by atomic mass is 16.6. The molecule has 0 amide bonds. The second-order valence-electron chi connectivity index (χ2n) is 7.74. The molecular weight excluding hydrogens is 334 g/mol. The third-order valence-electron chi connectivity index (χ3n) is 4.39. The van der Waals surface area contributed by atoms with E-state index in [9.17, 15) is 14.7 Å². The number of nitrogens with zero attached hydrogens (tertiary/aromatic N) is 2. The van der Waals surface area contributed by atoms with E-state index in [2.05, 4.69) is 17.0 Å². The SMILES string of the molecule is CC(C)(C)OC(=O)CC(N)(C(=O)O)N1CCN(Cc2ccccc2)CC1. The van der Waals surface area contributed by atoms with Crippen molar-refractivity contribution >= 4 is 11.9 Å². The highest BCUT2D eigenvalue weighted by molar-refractivity contribution is 5.85. The molecule has 3 N–H and O–H groups in total. The highest BCUT2D eigenvalue weighted by Crippen LogP contribution is 2.20. The summed E-state index contributed by atoms with van der Waals surface area (Å²) in [6, 6.07) is 10.1. The highest BCUT2D eigenvalue weighted by Gasteiger charge is 2.44. The zero-order valence-corrected chi connectivity index (χ0v) is 15.8. The van der Waals surface area contributed by atoms with Crippen LogP contribution >= 0.6 is 0 Å². The van der Waals surface area contributed by atoms with Crippen LogP contribution in [0.15, 0.2) is 30.3 Å². The number of esters is 1. The summed E-state index contributed by atoms with van der Waals surface area (Å²) in [5.41, 5.74) is 4.93. The molecule has 1 fully saturated rings. The summed E-state index contributed by atoms with van der Waals surface area (Å²) in [5, 5.41) is 9.65. The first-order valence-electron chi connectivity index (χ1n) is 8.85. The van der Waals surface area contributed by atoms with Crippen LogP contribution in [0.3, 0.4) is 0 Å². The number of piperazine rings is 1. The first-order valence-corrected chi connectivity index (χ1v) is 8.85. The van der Waals surface area contributed by atoms with Crippen LogP contribution in [-0.4, -0.2) is 64.3 Å². The summed E-state index contributed by atoms with van der Waals surface area (Å²) >= 11 is 0. The van der Waals surface area contributed by atoms with Crippen molar-refractivity contribution < 1.29 is 19.4 Å². The second kappa shape index (κ2) is 8.16. The summed E-state index contributed by atoms with van der Waals surface area (Å²) in [4.78, 5) is 27.8. The Morgan fingerprint density at radius 1 is 1.12 bits per heavy atom. The fourth-order valence-corrected chi connectivity index (χ4v) is 3.07. The zero-order valence-electron chi connectivity index (χ0n) is 15.8. The molecule has 1 unspecified atom stereocenters. The number of carbonyl (C=O) groups is 2. The van der Waals surface area contributed by atoms with Gasteiger partial charge in [0.25, 0.3) is 0 Å². The van der Waals surface area contributed by atoms with E-state index in [4.69, 9.17) is 10.5 Å². The van der Waals surface area contributed by atoms with Gasteiger partial charge in [0.05, 0.1) is 6.42 Å². The van der Waals surface area contributed by atoms with Crippen LogP contribution < -0.4 is 5.73 Å². The van der Waals surface area contributed by atoms with Crippen LogP contribution in [-0.2, 0) is 20.9 Å². The van der Waals surface area contributed by atoms with E-state index in [0.29, 0.717) is 26.2 Å². The molecule has 0 bridgehead atoms. The first-order chi connectivity index (χ1) is 12.1. The van der Waals surface area contributed by atoms with Gasteiger partial charge in [-0.2, -0.15) is 0 Å². The number of ether oxygens (including phenoxy) is 1. The number of hydrogen-bond acceptors (Lipinski definition) is 6. The zero-order chi connectivity index (χ0) is 19.4. The average Bonchev–Trinajstić information content (AvgIpc) is 2.54. The van der Waals surface area contributed by atoms with Gasteiger partial charge >= 0.3 is 11.9 Å². The van der Waals surface area contributed by atoms with Crippen molar-refractivity contribution in [2.75, 3.05) is 26.2 Å². The van der Waals surface area contributed by atoms with Gasteiger partial charge in [0.2, 0.25) is 0 Å². The molecule has 1 aromatic rings. The van der Waals surface area contributed by atoms with Gasteiger partial charge < -0.3 is 15.6 Å². The maximum atomic E-state index is 12.1. The van der Waals surface area contributed by atoms with Crippen molar-refractivity contribution in [3.8, 4) is 0 Å². The van der Waals surface area contributed by atoms with Gasteiger partial charge in [-0.25, -0.2) is 4.79 Å². The molecule has 1 atom stereocenters. The predicted octanol–water partition coefficient (Wildman–Crippen LogP) is 1.28. The van der Waals surface area contributed by atoms with Crippen molar-refractivity contribution in [3.63, 3.8) is 0 Å². The molecule has 144 valence electrons. The first kappa shape index (κ1) is 20.4. The van der Waals surface area contributed by atoms with E-state index < -0.39 is 23.2 Å². The van der Waals surface area contributed by atoms with Crippen LogP contribution in [0.5, 0.6) is 0 Å². The molecule has 7 nitrogen and oxygen atoms in total. The molecule has 0 saturated carbocycles. The van der Waals surface area contributed by atoms with E-state index >= 15 is 0 Å². The van der Waals surface area contributed by atoms with Gasteiger partial charge in [-0.15, -0.1) is 0 Å². The summed E-state index contributed by atoms with van der Waals surface area (Å²) in [6.45, 7) is 8.39. The van der Waals surface area contributed by atoms with Crippen LogP contribution in [0.25, 0.3) is 0 Å². The molecule has 0 aromatic heterocycles. The van der Waals surface area contributed by atoms with Crippen LogP contribution in [0.2, 0.25) is 0 Å². The molecule has 7 heteroatoms. The van der Waals surface area contributed by atoms with Gasteiger partial charge in [-0.3, -0.25) is 14.6 Å². The number of carbonyl (C=O) groups excluding carboxylic acids is 1. The number of aliphatic carboxylic acids is 1. The fraction of sp³-hybridized carbons (Fsp3) is 0.579. The third kappa shape index (κ3) is 5.52. The Bertz CT molecular complexity index is 621. The molecule has 1 saturated heterocycles. The molecule has 1 aromatic carbocycles. The summed E-state index contributed by atoms with van der Waals surface area (Å²) < 4.78 is 5.26. The predicted molar refractivity (Wildman–Crippen MR) is 98.3 cm³/mol. The van der Waals surface area contributed by atoms with Crippen molar-refractivity contribution in [2.24, 2.45) is 5.73 Å². The Kier molecular flexibility index (Phi) is 6.39. The lowest BCUT2D eigenvalue weighted by molar-refractivity contribution is -0.167. The summed E-state index contributed by atoms with van der Waals surface area (Å²) in [5.74, 6) is -1.81. The Labute approximate surface area is 154 Å². The lowest BCUT2D eigenvalue weighted by Gasteiger charge is -2.42. The third-order valence-corrected chi connectivity index (χ3v) is 4.39. The molecule has 0 radical (unpaired) electrons. The number of rotatable bonds is 6. The lowest BCUT2D eigenvalue weighted by Crippen LogP contribution is -2.66. The molecule has 1 aliphatic rings. The quantitative estimate of drug-likeness (QED) is 0.735. The smallest absolute Gasteiger partial charge is 0.339 e. The monoisotopic (exact) mass is 363 g/mol. The van der Waals surface area contributed by atoms with E-state index in [0.717, 1.165) is 6.54 Å². The van der Waals surface area contributed by atoms with Gasteiger partial charge in [0.1, 0.15) is 5.60 Å². The van der Waals surface area contributed by atoms with Crippen molar-refractivity contribution in [1.29, 1.82) is 0 Å². The summed E-state index contributed by atoms with van der Waals surface area (Å²) in [6.07, 6.45) is -0.377. The molecular formula is C19H29N3O4. The van der Waals surface area contributed by atoms with E-state index in [1.807, 2.05) is 18.2 Å². The number of carboxylic acid groups (broad SMARTS) is 1. The molecule has 26 heavy (non-hydrogen) atoms. The van der Waals surface area contributed by atoms with Crippen LogP contribution in [0, 0.1) is 0 Å². The Hall–Kier alpha value is -1.96. The van der Waals surface area contributed by atoms with Gasteiger partial charge in [0, 0.05) is 32.7 Å². The Morgan fingerprint density at radius 2 is 1.69 bits per heavy atom. The molecule has 2 rings (SSSR count). The van der Waals surface area contributed by atoms with E-state index in [1.165, 1.54) is 5.56 Å². The van der Waals surface area contributed by atoms with Gasteiger partial charge in [-0.1, -0.05) is 30.3 Å². The van der Waals surface area contributed by atoms with Crippen LogP contribution in [0.4, 0.5) is 0 Å². The minimum atomic E-state index is -1.75. The number of nitrogens with two attached hydrogens (primary N) is 1. The van der Waals surface area contributed by atoms with Crippen molar-refractivity contribution in [1.82, 2.24) is 9.80 Å². The lowest BCUT2D eigenvalue weighted by atomic mass is 10.0. The minimum absolute atomic E-state index is 0.377. The Balaban J connectivity index is 1.96. The number of hydrogen-bond donors (Lipinski definition) is 2. The number of carboxylic acids is 1. The Morgan fingerprint density at radius 3 is 2.19 bits per heavy atom. The van der Waals surface area contributed by atoms with E-state index in [-0.39, 0.29) is 6.42 Å². The van der Waals surface area contributed by atoms with Crippen LogP contribution in [0.1, 0.15) is 32.8 Å². The fourth-order valence-electron chi connectivity index (χ4n) is 3.07. The second-order valence-corrected chi connectivity index (χ2v) is 7.74.